The Balaban J connectivity index is 1.48. The summed E-state index contributed by atoms with van der Waals surface area (Å²) in [5.41, 5.74) is 6.30. The number of ether oxygens (including phenoxy) is 1. The van der Waals surface area contributed by atoms with E-state index < -0.39 is 0 Å². The minimum absolute atomic E-state index is 0.116. The van der Waals surface area contributed by atoms with Crippen molar-refractivity contribution in [2.75, 3.05) is 26.2 Å². The minimum Gasteiger partial charge on any atom is -0.376 e. The molecule has 148 valence electrons. The van der Waals surface area contributed by atoms with Crippen LogP contribution < -0.4 is 5.73 Å². The standard InChI is InChI=1S/C20H23N3O5/c21-17(24)12-5-7-22(8-6-12)18(25)13-3-4-15-16(10-13)20(27)23(19(15)26)11-14-2-1-9-28-14/h3-4,10,12,14H,1-2,5-9,11H2,(H2,21,24). The summed E-state index contributed by atoms with van der Waals surface area (Å²) >= 11 is 0. The number of nitrogens with zero attached hydrogens (tertiary/aromatic N) is 2. The number of hydrogen-bond donors (Lipinski definition) is 1. The maximum absolute atomic E-state index is 12.8. The van der Waals surface area contributed by atoms with Gasteiger partial charge in [0, 0.05) is 31.2 Å². The lowest BCUT2D eigenvalue weighted by molar-refractivity contribution is -0.123. The summed E-state index contributed by atoms with van der Waals surface area (Å²) in [7, 11) is 0. The molecule has 8 heteroatoms. The first-order chi connectivity index (χ1) is 13.5. The van der Waals surface area contributed by atoms with Crippen LogP contribution in [0, 0.1) is 5.92 Å². The second-order valence-corrected chi connectivity index (χ2v) is 7.59. The molecule has 0 aliphatic carbocycles. The molecular weight excluding hydrogens is 362 g/mol. The zero-order valence-corrected chi connectivity index (χ0v) is 15.6. The smallest absolute Gasteiger partial charge is 0.261 e. The van der Waals surface area contributed by atoms with Crippen molar-refractivity contribution in [2.24, 2.45) is 11.7 Å². The van der Waals surface area contributed by atoms with Gasteiger partial charge in [0.25, 0.3) is 17.7 Å². The summed E-state index contributed by atoms with van der Waals surface area (Å²) in [6.45, 7) is 1.79. The van der Waals surface area contributed by atoms with Gasteiger partial charge in [-0.2, -0.15) is 0 Å². The molecular formula is C20H23N3O5. The molecule has 28 heavy (non-hydrogen) atoms. The Labute approximate surface area is 162 Å². The van der Waals surface area contributed by atoms with Gasteiger partial charge in [0.2, 0.25) is 5.91 Å². The van der Waals surface area contributed by atoms with Gasteiger partial charge in [0.05, 0.1) is 23.8 Å². The first kappa shape index (κ1) is 18.6. The van der Waals surface area contributed by atoms with E-state index in [4.69, 9.17) is 10.5 Å². The van der Waals surface area contributed by atoms with Gasteiger partial charge in [0.15, 0.2) is 0 Å². The molecule has 8 nitrogen and oxygen atoms in total. The molecule has 4 rings (SSSR count). The molecule has 0 spiro atoms. The van der Waals surface area contributed by atoms with Crippen molar-refractivity contribution in [1.82, 2.24) is 9.80 Å². The van der Waals surface area contributed by atoms with Gasteiger partial charge in [-0.3, -0.25) is 24.1 Å². The van der Waals surface area contributed by atoms with Gasteiger partial charge in [0.1, 0.15) is 0 Å². The second kappa shape index (κ2) is 7.35. The fourth-order valence-corrected chi connectivity index (χ4v) is 4.13. The van der Waals surface area contributed by atoms with Crippen molar-refractivity contribution >= 4 is 23.6 Å². The Morgan fingerprint density at radius 2 is 1.79 bits per heavy atom. The van der Waals surface area contributed by atoms with Crippen LogP contribution in [0.25, 0.3) is 0 Å². The SMILES string of the molecule is NC(=O)C1CCN(C(=O)c2ccc3c(c2)C(=O)N(CC2CCCO2)C3=O)CC1. The molecule has 0 radical (unpaired) electrons. The molecule has 2 N–H and O–H groups in total. The van der Waals surface area contributed by atoms with Gasteiger partial charge in [-0.05, 0) is 43.9 Å². The van der Waals surface area contributed by atoms with Crippen LogP contribution in [0.1, 0.15) is 56.8 Å². The molecule has 3 aliphatic heterocycles. The molecule has 1 aromatic rings. The number of rotatable bonds is 4. The highest BCUT2D eigenvalue weighted by Crippen LogP contribution is 2.27. The van der Waals surface area contributed by atoms with Crippen molar-refractivity contribution in [2.45, 2.75) is 31.8 Å². The van der Waals surface area contributed by atoms with Gasteiger partial charge in [-0.1, -0.05) is 0 Å². The van der Waals surface area contributed by atoms with Crippen molar-refractivity contribution in [3.63, 3.8) is 0 Å². The summed E-state index contributed by atoms with van der Waals surface area (Å²) in [5.74, 6) is -1.45. The van der Waals surface area contributed by atoms with Gasteiger partial charge in [-0.15, -0.1) is 0 Å². The third-order valence-corrected chi connectivity index (χ3v) is 5.81. The monoisotopic (exact) mass is 385 g/mol. The number of imide groups is 1. The van der Waals surface area contributed by atoms with E-state index >= 15 is 0 Å². The number of fused-ring (bicyclic) bond motifs is 1. The normalized spacial score (nSPS) is 22.6. The Hall–Kier alpha value is -2.74. The Morgan fingerprint density at radius 1 is 1.07 bits per heavy atom. The number of amides is 4. The van der Waals surface area contributed by atoms with E-state index in [1.54, 1.807) is 17.0 Å². The van der Waals surface area contributed by atoms with Crippen molar-refractivity contribution < 1.29 is 23.9 Å². The van der Waals surface area contributed by atoms with Crippen LogP contribution in [0.15, 0.2) is 18.2 Å². The van der Waals surface area contributed by atoms with Crippen LogP contribution in [0.3, 0.4) is 0 Å². The molecule has 1 unspecified atom stereocenters. The predicted molar refractivity (Wildman–Crippen MR) is 98.6 cm³/mol. The zero-order chi connectivity index (χ0) is 19.8. The summed E-state index contributed by atoms with van der Waals surface area (Å²) in [6, 6.07) is 4.64. The highest BCUT2D eigenvalue weighted by Gasteiger charge is 2.38. The number of benzene rings is 1. The Kier molecular flexibility index (Phi) is 4.89. The predicted octanol–water partition coefficient (Wildman–Crippen LogP) is 0.799. The molecule has 0 aromatic heterocycles. The first-order valence-electron chi connectivity index (χ1n) is 9.66. The van der Waals surface area contributed by atoms with Crippen LogP contribution in [-0.2, 0) is 9.53 Å². The maximum Gasteiger partial charge on any atom is 0.261 e. The lowest BCUT2D eigenvalue weighted by Crippen LogP contribution is -2.41. The van der Waals surface area contributed by atoms with E-state index in [1.807, 2.05) is 0 Å². The Bertz CT molecular complexity index is 838. The summed E-state index contributed by atoms with van der Waals surface area (Å²) in [4.78, 5) is 52.3. The van der Waals surface area contributed by atoms with E-state index in [0.717, 1.165) is 12.8 Å². The first-order valence-corrected chi connectivity index (χ1v) is 9.66. The maximum atomic E-state index is 12.8. The van der Waals surface area contributed by atoms with E-state index in [-0.39, 0.29) is 47.8 Å². The largest absolute Gasteiger partial charge is 0.376 e. The van der Waals surface area contributed by atoms with Gasteiger partial charge >= 0.3 is 0 Å². The molecule has 3 heterocycles. The summed E-state index contributed by atoms with van der Waals surface area (Å²) in [5, 5.41) is 0. The van der Waals surface area contributed by atoms with Crippen LogP contribution in [0.2, 0.25) is 0 Å². The third kappa shape index (κ3) is 3.28. The van der Waals surface area contributed by atoms with Gasteiger partial charge < -0.3 is 15.4 Å². The van der Waals surface area contributed by atoms with Crippen LogP contribution in [0.5, 0.6) is 0 Å². The second-order valence-electron chi connectivity index (χ2n) is 7.59. The van der Waals surface area contributed by atoms with Crippen molar-refractivity contribution in [3.8, 4) is 0 Å². The molecule has 0 bridgehead atoms. The van der Waals surface area contributed by atoms with Crippen LogP contribution in [0.4, 0.5) is 0 Å². The number of carbonyl (C=O) groups is 4. The number of likely N-dealkylation sites (tertiary alicyclic amines) is 1. The summed E-state index contributed by atoms with van der Waals surface area (Å²) < 4.78 is 5.54. The zero-order valence-electron chi connectivity index (χ0n) is 15.6. The average molecular weight is 385 g/mol. The van der Waals surface area contributed by atoms with Gasteiger partial charge in [-0.25, -0.2) is 0 Å². The number of hydrogen-bond acceptors (Lipinski definition) is 5. The number of nitrogens with two attached hydrogens (primary N) is 1. The minimum atomic E-state index is -0.377. The van der Waals surface area contributed by atoms with E-state index in [1.165, 1.54) is 11.0 Å². The fourth-order valence-electron chi connectivity index (χ4n) is 4.13. The molecule has 1 atom stereocenters. The molecule has 2 saturated heterocycles. The molecule has 0 saturated carbocycles. The van der Waals surface area contributed by atoms with E-state index in [2.05, 4.69) is 0 Å². The molecule has 2 fully saturated rings. The van der Waals surface area contributed by atoms with Crippen LogP contribution in [-0.4, -0.2) is 65.8 Å². The average Bonchev–Trinajstić information content (AvgIpc) is 3.30. The fraction of sp³-hybridized carbons (Fsp3) is 0.500. The quantitative estimate of drug-likeness (QED) is 0.771. The van der Waals surface area contributed by atoms with Crippen molar-refractivity contribution in [3.05, 3.63) is 34.9 Å². The molecule has 3 aliphatic rings. The molecule has 4 amide bonds. The lowest BCUT2D eigenvalue weighted by atomic mass is 9.95. The lowest BCUT2D eigenvalue weighted by Gasteiger charge is -2.30. The highest BCUT2D eigenvalue weighted by molar-refractivity contribution is 6.22. The summed E-state index contributed by atoms with van der Waals surface area (Å²) in [6.07, 6.45) is 2.73. The topological polar surface area (TPSA) is 110 Å². The molecule has 1 aromatic carbocycles. The number of piperidine rings is 1. The van der Waals surface area contributed by atoms with Crippen molar-refractivity contribution in [1.29, 1.82) is 0 Å². The van der Waals surface area contributed by atoms with Crippen LogP contribution >= 0.6 is 0 Å². The van der Waals surface area contributed by atoms with E-state index in [0.29, 0.717) is 43.7 Å². The Morgan fingerprint density at radius 3 is 2.43 bits per heavy atom. The number of carbonyl (C=O) groups excluding carboxylic acids is 4. The number of primary amides is 1. The third-order valence-electron chi connectivity index (χ3n) is 5.81. The highest BCUT2D eigenvalue weighted by atomic mass is 16.5. The van der Waals surface area contributed by atoms with E-state index in [9.17, 15) is 19.2 Å².